The standard InChI is InChI=1S/C24H35FN4S/c1-3-13-29-22-18(2)6-4-7-21(22)23(26)17-28(15-12-24(23,29)27)14-5-16-30-20-10-8-19(25)9-11-20/h7-11H,3-6,12-17,26-27H2,1-2H3. The average molecular weight is 431 g/mol. The molecule has 0 spiro atoms. The highest BCUT2D eigenvalue weighted by Crippen LogP contribution is 2.51. The molecule has 4 rings (SSSR count). The average Bonchev–Trinajstić information content (AvgIpc) is 2.92. The molecule has 0 bridgehead atoms. The van der Waals surface area contributed by atoms with Crippen LogP contribution in [0.25, 0.3) is 0 Å². The number of rotatable bonds is 7. The van der Waals surface area contributed by atoms with E-state index in [1.54, 1.807) is 11.8 Å². The van der Waals surface area contributed by atoms with Gasteiger partial charge in [-0.15, -0.1) is 11.8 Å². The third kappa shape index (κ3) is 3.72. The summed E-state index contributed by atoms with van der Waals surface area (Å²) in [6.07, 6.45) is 7.57. The minimum Gasteiger partial charge on any atom is -0.351 e. The molecular weight excluding hydrogens is 395 g/mol. The summed E-state index contributed by atoms with van der Waals surface area (Å²) in [7, 11) is 0. The first-order valence-electron chi connectivity index (χ1n) is 11.3. The van der Waals surface area contributed by atoms with E-state index in [1.807, 2.05) is 12.1 Å². The number of likely N-dealkylation sites (tertiary alicyclic amines) is 2. The summed E-state index contributed by atoms with van der Waals surface area (Å²) in [5.74, 6) is 0.836. The third-order valence-electron chi connectivity index (χ3n) is 6.96. The van der Waals surface area contributed by atoms with E-state index in [4.69, 9.17) is 11.5 Å². The lowest BCUT2D eigenvalue weighted by Crippen LogP contribution is -2.75. The van der Waals surface area contributed by atoms with Crippen LogP contribution < -0.4 is 11.5 Å². The fourth-order valence-corrected chi connectivity index (χ4v) is 6.23. The molecule has 3 aliphatic rings. The van der Waals surface area contributed by atoms with E-state index in [1.165, 1.54) is 29.0 Å². The van der Waals surface area contributed by atoms with Crippen molar-refractivity contribution < 1.29 is 4.39 Å². The van der Waals surface area contributed by atoms with Gasteiger partial charge in [-0.1, -0.05) is 13.0 Å². The molecule has 30 heavy (non-hydrogen) atoms. The van der Waals surface area contributed by atoms with Gasteiger partial charge in [0, 0.05) is 30.2 Å². The number of benzene rings is 1. The Hall–Kier alpha value is -1.34. The first-order valence-corrected chi connectivity index (χ1v) is 12.2. The highest BCUT2D eigenvalue weighted by Gasteiger charge is 2.62. The zero-order valence-electron chi connectivity index (χ0n) is 18.3. The molecule has 2 aliphatic heterocycles. The summed E-state index contributed by atoms with van der Waals surface area (Å²) in [5, 5.41) is 0. The van der Waals surface area contributed by atoms with Crippen LogP contribution in [0, 0.1) is 5.82 Å². The predicted octanol–water partition coefficient (Wildman–Crippen LogP) is 4.09. The number of hydrogen-bond acceptors (Lipinski definition) is 5. The van der Waals surface area contributed by atoms with Crippen molar-refractivity contribution >= 4 is 11.8 Å². The molecule has 1 aliphatic carbocycles. The molecule has 0 aromatic heterocycles. The van der Waals surface area contributed by atoms with Crippen LogP contribution >= 0.6 is 11.8 Å². The molecule has 6 heteroatoms. The lowest BCUT2D eigenvalue weighted by molar-refractivity contribution is 0.0235. The van der Waals surface area contributed by atoms with Gasteiger partial charge < -0.3 is 21.3 Å². The maximum Gasteiger partial charge on any atom is 0.123 e. The quantitative estimate of drug-likeness (QED) is 0.504. The molecule has 0 radical (unpaired) electrons. The van der Waals surface area contributed by atoms with Crippen molar-refractivity contribution in [3.8, 4) is 0 Å². The number of nitrogens with two attached hydrogens (primary N) is 2. The molecular formula is C24H35FN4S. The zero-order valence-corrected chi connectivity index (χ0v) is 19.1. The lowest BCUT2D eigenvalue weighted by Gasteiger charge is -2.51. The van der Waals surface area contributed by atoms with Gasteiger partial charge in [-0.05, 0) is 86.7 Å². The number of fused-ring (bicyclic) bond motifs is 3. The summed E-state index contributed by atoms with van der Waals surface area (Å²) >= 11 is 1.78. The Morgan fingerprint density at radius 3 is 2.67 bits per heavy atom. The topological polar surface area (TPSA) is 58.5 Å². The highest BCUT2D eigenvalue weighted by atomic mass is 32.2. The largest absolute Gasteiger partial charge is 0.351 e. The van der Waals surface area contributed by atoms with Crippen LogP contribution in [0.15, 0.2) is 52.1 Å². The molecule has 0 saturated carbocycles. The van der Waals surface area contributed by atoms with Crippen LogP contribution in [-0.4, -0.2) is 52.9 Å². The minimum atomic E-state index is -0.512. The van der Waals surface area contributed by atoms with Gasteiger partial charge in [0.1, 0.15) is 11.5 Å². The SMILES string of the molecule is CCCN1C2=C(C)CCC=C2C2(N)CN(CCCSc3ccc(F)cc3)CCC12N. The molecule has 164 valence electrons. The lowest BCUT2D eigenvalue weighted by atomic mass is 9.75. The third-order valence-corrected chi connectivity index (χ3v) is 8.06. The van der Waals surface area contributed by atoms with Gasteiger partial charge in [0.15, 0.2) is 0 Å². The van der Waals surface area contributed by atoms with Gasteiger partial charge in [-0.2, -0.15) is 0 Å². The number of piperidine rings is 1. The molecule has 2 fully saturated rings. The van der Waals surface area contributed by atoms with Crippen LogP contribution in [0.3, 0.4) is 0 Å². The molecule has 2 heterocycles. The fraction of sp³-hybridized carbons (Fsp3) is 0.583. The number of allylic oxidation sites excluding steroid dienone is 2. The first kappa shape index (κ1) is 21.9. The van der Waals surface area contributed by atoms with Crippen LogP contribution in [0.2, 0.25) is 0 Å². The minimum absolute atomic E-state index is 0.180. The number of hydrogen-bond donors (Lipinski definition) is 2. The Bertz CT molecular complexity index is 836. The Balaban J connectivity index is 1.43. The van der Waals surface area contributed by atoms with Gasteiger partial charge in [-0.3, -0.25) is 0 Å². The van der Waals surface area contributed by atoms with Gasteiger partial charge in [-0.25, -0.2) is 4.39 Å². The van der Waals surface area contributed by atoms with Gasteiger partial charge in [0.2, 0.25) is 0 Å². The molecule has 2 atom stereocenters. The Kier molecular flexibility index (Phi) is 6.31. The van der Waals surface area contributed by atoms with E-state index in [0.717, 1.165) is 68.9 Å². The van der Waals surface area contributed by atoms with Crippen molar-refractivity contribution in [1.82, 2.24) is 9.80 Å². The van der Waals surface area contributed by atoms with Crippen LogP contribution in [-0.2, 0) is 0 Å². The molecule has 2 unspecified atom stereocenters. The van der Waals surface area contributed by atoms with Crippen molar-refractivity contribution in [3.05, 3.63) is 53.0 Å². The molecule has 4 nitrogen and oxygen atoms in total. The van der Waals surface area contributed by atoms with E-state index in [-0.39, 0.29) is 5.82 Å². The highest BCUT2D eigenvalue weighted by molar-refractivity contribution is 7.99. The number of thioether (sulfide) groups is 1. The van der Waals surface area contributed by atoms with E-state index in [9.17, 15) is 4.39 Å². The summed E-state index contributed by atoms with van der Waals surface area (Å²) in [4.78, 5) is 6.05. The first-order chi connectivity index (χ1) is 14.4. The van der Waals surface area contributed by atoms with E-state index in [2.05, 4.69) is 29.7 Å². The second-order valence-corrected chi connectivity index (χ2v) is 10.2. The van der Waals surface area contributed by atoms with Gasteiger partial charge >= 0.3 is 0 Å². The Morgan fingerprint density at radius 1 is 1.17 bits per heavy atom. The Labute approximate surface area is 184 Å². The smallest absolute Gasteiger partial charge is 0.123 e. The molecule has 1 aromatic rings. The molecule has 1 aromatic carbocycles. The number of halogens is 1. The van der Waals surface area contributed by atoms with Crippen molar-refractivity contribution in [2.45, 2.75) is 62.0 Å². The molecule has 0 amide bonds. The second-order valence-electron chi connectivity index (χ2n) is 9.01. The fourth-order valence-electron chi connectivity index (χ4n) is 5.40. The number of nitrogens with zero attached hydrogens (tertiary/aromatic N) is 2. The maximum atomic E-state index is 13.1. The van der Waals surface area contributed by atoms with Crippen LogP contribution in [0.5, 0.6) is 0 Å². The predicted molar refractivity (Wildman–Crippen MR) is 124 cm³/mol. The van der Waals surface area contributed by atoms with Crippen LogP contribution in [0.1, 0.15) is 46.0 Å². The van der Waals surface area contributed by atoms with Crippen LogP contribution in [0.4, 0.5) is 4.39 Å². The second kappa shape index (κ2) is 8.65. The van der Waals surface area contributed by atoms with Crippen molar-refractivity contribution in [2.24, 2.45) is 11.5 Å². The van der Waals surface area contributed by atoms with Gasteiger partial charge in [0.05, 0.1) is 5.54 Å². The Morgan fingerprint density at radius 2 is 1.93 bits per heavy atom. The van der Waals surface area contributed by atoms with Crippen molar-refractivity contribution in [1.29, 1.82) is 0 Å². The summed E-state index contributed by atoms with van der Waals surface area (Å²) < 4.78 is 13.1. The van der Waals surface area contributed by atoms with E-state index in [0.29, 0.717) is 0 Å². The summed E-state index contributed by atoms with van der Waals surface area (Å²) in [6, 6.07) is 6.76. The van der Waals surface area contributed by atoms with Crippen molar-refractivity contribution in [2.75, 3.05) is 31.9 Å². The maximum absolute atomic E-state index is 13.1. The summed E-state index contributed by atoms with van der Waals surface area (Å²) in [5.41, 5.74) is 17.4. The molecule has 2 saturated heterocycles. The van der Waals surface area contributed by atoms with E-state index >= 15 is 0 Å². The van der Waals surface area contributed by atoms with Crippen molar-refractivity contribution in [3.63, 3.8) is 0 Å². The molecule has 4 N–H and O–H groups in total. The summed E-state index contributed by atoms with van der Waals surface area (Å²) in [6.45, 7) is 8.25. The zero-order chi connectivity index (χ0) is 21.4. The monoisotopic (exact) mass is 430 g/mol. The van der Waals surface area contributed by atoms with Gasteiger partial charge in [0.25, 0.3) is 0 Å². The van der Waals surface area contributed by atoms with E-state index < -0.39 is 11.2 Å². The normalized spacial score (nSPS) is 29.1.